The van der Waals surface area contributed by atoms with E-state index in [0.29, 0.717) is 28.5 Å². The minimum Gasteiger partial charge on any atom is -0.497 e. The Morgan fingerprint density at radius 1 is 1.19 bits per heavy atom. The number of carbonyl (C=O) groups excluding carboxylic acids is 2. The van der Waals surface area contributed by atoms with Gasteiger partial charge in [-0.2, -0.15) is 5.06 Å². The van der Waals surface area contributed by atoms with Crippen LogP contribution in [0.4, 0.5) is 5.69 Å². The van der Waals surface area contributed by atoms with Gasteiger partial charge >= 0.3 is 0 Å². The monoisotopic (exact) mass is 366 g/mol. The molecule has 4 rings (SSSR count). The zero-order valence-corrected chi connectivity index (χ0v) is 15.2. The lowest BCUT2D eigenvalue weighted by Crippen LogP contribution is -2.36. The molecule has 1 heterocycles. The number of aryl methyl sites for hydroxylation is 1. The molecule has 2 aromatic rings. The van der Waals surface area contributed by atoms with E-state index < -0.39 is 5.91 Å². The van der Waals surface area contributed by atoms with Crippen molar-refractivity contribution in [3.63, 3.8) is 0 Å². The van der Waals surface area contributed by atoms with Crippen molar-refractivity contribution < 1.29 is 19.5 Å². The first kappa shape index (κ1) is 17.5. The third kappa shape index (κ3) is 3.06. The Kier molecular flexibility index (Phi) is 4.36. The summed E-state index contributed by atoms with van der Waals surface area (Å²) in [6.07, 6.45) is 3.13. The molecule has 0 bridgehead atoms. The number of hydrogen-bond acceptors (Lipinski definition) is 4. The molecule has 0 unspecified atom stereocenters. The fourth-order valence-corrected chi connectivity index (χ4v) is 4.10. The van der Waals surface area contributed by atoms with Crippen LogP contribution in [0.3, 0.4) is 0 Å². The summed E-state index contributed by atoms with van der Waals surface area (Å²) < 4.78 is 5.14. The minimum absolute atomic E-state index is 0.146. The number of anilines is 1. The Bertz CT molecular complexity index is 911. The predicted octanol–water partition coefficient (Wildman–Crippen LogP) is 2.73. The second-order valence-electron chi connectivity index (χ2n) is 7.26. The van der Waals surface area contributed by atoms with Crippen LogP contribution in [0.5, 0.6) is 5.75 Å². The molecule has 1 spiro atoms. The number of methoxy groups -OCH3 is 1. The van der Waals surface area contributed by atoms with E-state index in [1.165, 1.54) is 7.11 Å². The molecular formula is C21H22N2O4. The van der Waals surface area contributed by atoms with Crippen molar-refractivity contribution >= 4 is 17.5 Å². The van der Waals surface area contributed by atoms with Crippen LogP contribution >= 0.6 is 0 Å². The lowest BCUT2D eigenvalue weighted by Gasteiger charge is -2.32. The van der Waals surface area contributed by atoms with E-state index in [9.17, 15) is 14.8 Å². The van der Waals surface area contributed by atoms with Crippen LogP contribution in [-0.2, 0) is 17.6 Å². The molecule has 0 saturated carbocycles. The average Bonchev–Trinajstić information content (AvgIpc) is 3.06. The third-order valence-electron chi connectivity index (χ3n) is 5.72. The summed E-state index contributed by atoms with van der Waals surface area (Å²) in [5.74, 6) is 0.211. The molecule has 2 N–H and O–H groups in total. The summed E-state index contributed by atoms with van der Waals surface area (Å²) in [7, 11) is 1.53. The van der Waals surface area contributed by atoms with Crippen molar-refractivity contribution in [3.8, 4) is 5.75 Å². The smallest absolute Gasteiger partial charge is 0.281 e. The summed E-state index contributed by atoms with van der Waals surface area (Å²) in [6.45, 7) is 0.741. The Hall–Kier alpha value is -2.86. The van der Waals surface area contributed by atoms with E-state index >= 15 is 0 Å². The molecule has 2 aliphatic rings. The van der Waals surface area contributed by atoms with Crippen LogP contribution in [0.25, 0.3) is 0 Å². The Labute approximate surface area is 157 Å². The number of rotatable bonds is 3. The molecule has 2 amide bonds. The highest BCUT2D eigenvalue weighted by atomic mass is 16.5. The van der Waals surface area contributed by atoms with Crippen LogP contribution < -0.4 is 15.1 Å². The maximum absolute atomic E-state index is 12.7. The molecule has 1 aliphatic heterocycles. The summed E-state index contributed by atoms with van der Waals surface area (Å²) in [4.78, 5) is 24.9. The lowest BCUT2D eigenvalue weighted by molar-refractivity contribution is -0.128. The van der Waals surface area contributed by atoms with Crippen LogP contribution in [-0.4, -0.2) is 30.7 Å². The van der Waals surface area contributed by atoms with Crippen LogP contribution in [0.1, 0.15) is 34.3 Å². The van der Waals surface area contributed by atoms with Gasteiger partial charge in [0.2, 0.25) is 5.91 Å². The SMILES string of the molecule is COc1cccc(N(O)C(=O)c2ccc3c(c2)CC[C@]2(CCNC2=O)C3)c1. The maximum atomic E-state index is 12.7. The van der Waals surface area contributed by atoms with Gasteiger partial charge in [0, 0.05) is 18.2 Å². The number of hydrogen-bond donors (Lipinski definition) is 2. The third-order valence-corrected chi connectivity index (χ3v) is 5.72. The number of benzene rings is 2. The Morgan fingerprint density at radius 2 is 2.04 bits per heavy atom. The minimum atomic E-state index is -0.495. The van der Waals surface area contributed by atoms with Crippen LogP contribution in [0.15, 0.2) is 42.5 Å². The highest BCUT2D eigenvalue weighted by Gasteiger charge is 2.44. The molecule has 1 saturated heterocycles. The Morgan fingerprint density at radius 3 is 2.78 bits per heavy atom. The maximum Gasteiger partial charge on any atom is 0.281 e. The average molecular weight is 366 g/mol. The van der Waals surface area contributed by atoms with Gasteiger partial charge in [0.15, 0.2) is 0 Å². The summed E-state index contributed by atoms with van der Waals surface area (Å²) in [5, 5.41) is 13.9. The molecule has 6 nitrogen and oxygen atoms in total. The molecule has 0 aromatic heterocycles. The fourth-order valence-electron chi connectivity index (χ4n) is 4.10. The van der Waals surface area contributed by atoms with Gasteiger partial charge in [0.25, 0.3) is 5.91 Å². The van der Waals surface area contributed by atoms with E-state index in [2.05, 4.69) is 5.32 Å². The Balaban J connectivity index is 1.57. The first-order chi connectivity index (χ1) is 13.0. The summed E-state index contributed by atoms with van der Waals surface area (Å²) in [6, 6.07) is 12.2. The number of hydroxylamine groups is 1. The number of amides is 2. The number of carbonyl (C=O) groups is 2. The van der Waals surface area contributed by atoms with Crippen molar-refractivity contribution in [2.45, 2.75) is 25.7 Å². The first-order valence-electron chi connectivity index (χ1n) is 9.10. The van der Waals surface area contributed by atoms with Gasteiger partial charge in [-0.15, -0.1) is 0 Å². The van der Waals surface area contributed by atoms with Gasteiger partial charge < -0.3 is 10.1 Å². The van der Waals surface area contributed by atoms with Crippen molar-refractivity contribution in [2.24, 2.45) is 5.41 Å². The first-order valence-corrected chi connectivity index (χ1v) is 9.10. The predicted molar refractivity (Wildman–Crippen MR) is 100 cm³/mol. The normalized spacial score (nSPS) is 20.9. The van der Waals surface area contributed by atoms with Crippen molar-refractivity contribution in [3.05, 3.63) is 59.2 Å². The number of nitrogens with one attached hydrogen (secondary N) is 1. The lowest BCUT2D eigenvalue weighted by atomic mass is 9.70. The zero-order chi connectivity index (χ0) is 19.0. The zero-order valence-electron chi connectivity index (χ0n) is 15.2. The van der Waals surface area contributed by atoms with Gasteiger partial charge in [0.05, 0.1) is 18.2 Å². The molecule has 27 heavy (non-hydrogen) atoms. The highest BCUT2D eigenvalue weighted by Crippen LogP contribution is 2.41. The number of ether oxygens (including phenoxy) is 1. The number of nitrogens with zero attached hydrogens (tertiary/aromatic N) is 1. The van der Waals surface area contributed by atoms with E-state index in [-0.39, 0.29) is 11.3 Å². The van der Waals surface area contributed by atoms with E-state index in [1.54, 1.807) is 30.3 Å². The molecule has 0 radical (unpaired) electrons. The molecule has 140 valence electrons. The summed E-state index contributed by atoms with van der Waals surface area (Å²) in [5.41, 5.74) is 2.66. The molecule has 1 fully saturated rings. The fraction of sp³-hybridized carbons (Fsp3) is 0.333. The second kappa shape index (κ2) is 6.70. The van der Waals surface area contributed by atoms with Gasteiger partial charge in [-0.3, -0.25) is 14.8 Å². The van der Waals surface area contributed by atoms with Gasteiger partial charge in [-0.05, 0) is 61.1 Å². The topological polar surface area (TPSA) is 78.9 Å². The van der Waals surface area contributed by atoms with Crippen molar-refractivity contribution in [2.75, 3.05) is 18.7 Å². The molecule has 2 aromatic carbocycles. The summed E-state index contributed by atoms with van der Waals surface area (Å²) >= 11 is 0. The standard InChI is InChI=1S/C21H22N2O4/c1-27-18-4-2-3-17(12-18)23(26)19(24)15-5-6-16-13-21(8-7-14(16)11-15)9-10-22-20(21)25/h2-6,11-12,26H,7-10,13H2,1H3,(H,22,25)/t21-/m0/s1. The second-order valence-corrected chi connectivity index (χ2v) is 7.26. The van der Waals surface area contributed by atoms with Crippen LogP contribution in [0, 0.1) is 5.41 Å². The quantitative estimate of drug-likeness (QED) is 0.647. The number of fused-ring (bicyclic) bond motifs is 1. The molecular weight excluding hydrogens is 344 g/mol. The molecule has 6 heteroatoms. The molecule has 1 atom stereocenters. The van der Waals surface area contributed by atoms with Crippen molar-refractivity contribution in [1.29, 1.82) is 0 Å². The van der Waals surface area contributed by atoms with Gasteiger partial charge in [-0.1, -0.05) is 12.1 Å². The van der Waals surface area contributed by atoms with Gasteiger partial charge in [-0.25, -0.2) is 0 Å². The molecule has 1 aliphatic carbocycles. The van der Waals surface area contributed by atoms with E-state index in [1.807, 2.05) is 12.1 Å². The van der Waals surface area contributed by atoms with Gasteiger partial charge in [0.1, 0.15) is 5.75 Å². The van der Waals surface area contributed by atoms with E-state index in [0.717, 1.165) is 36.9 Å². The van der Waals surface area contributed by atoms with Crippen molar-refractivity contribution in [1.82, 2.24) is 5.32 Å². The van der Waals surface area contributed by atoms with E-state index in [4.69, 9.17) is 4.74 Å². The highest BCUT2D eigenvalue weighted by molar-refractivity contribution is 6.04. The van der Waals surface area contributed by atoms with Crippen LogP contribution in [0.2, 0.25) is 0 Å². The largest absolute Gasteiger partial charge is 0.497 e.